The van der Waals surface area contributed by atoms with Gasteiger partial charge in [-0.25, -0.2) is 0 Å². The lowest BCUT2D eigenvalue weighted by Gasteiger charge is -2.19. The summed E-state index contributed by atoms with van der Waals surface area (Å²) >= 11 is 0. The number of nitrogens with zero attached hydrogens (tertiary/aromatic N) is 1. The molecule has 0 bridgehead atoms. The molecule has 1 fully saturated rings. The summed E-state index contributed by atoms with van der Waals surface area (Å²) in [5, 5.41) is 2.62. The molecule has 1 aliphatic rings. The molecule has 2 unspecified atom stereocenters. The van der Waals surface area contributed by atoms with E-state index in [1.165, 1.54) is 0 Å². The highest BCUT2D eigenvalue weighted by Gasteiger charge is 2.22. The van der Waals surface area contributed by atoms with Crippen molar-refractivity contribution in [3.63, 3.8) is 0 Å². The van der Waals surface area contributed by atoms with Gasteiger partial charge < -0.3 is 16.0 Å². The van der Waals surface area contributed by atoms with E-state index in [1.807, 2.05) is 13.8 Å². The normalized spacial score (nSPS) is 18.9. The molecule has 98 valence electrons. The number of nitrogens with one attached hydrogen (secondary N) is 1. The molecule has 1 rings (SSSR count). The molecule has 0 radical (unpaired) electrons. The molecule has 1 aliphatic heterocycles. The fraction of sp³-hybridized carbons (Fsp3) is 0.833. The molecule has 0 aromatic rings. The van der Waals surface area contributed by atoms with Crippen LogP contribution in [0, 0.1) is 5.92 Å². The van der Waals surface area contributed by atoms with Gasteiger partial charge >= 0.3 is 0 Å². The van der Waals surface area contributed by atoms with E-state index in [4.69, 9.17) is 5.73 Å². The number of hydrogen-bond acceptors (Lipinski definition) is 3. The van der Waals surface area contributed by atoms with Crippen LogP contribution >= 0.6 is 0 Å². The summed E-state index contributed by atoms with van der Waals surface area (Å²) < 4.78 is 0. The van der Waals surface area contributed by atoms with E-state index in [2.05, 4.69) is 5.32 Å². The fourth-order valence-corrected chi connectivity index (χ4v) is 1.87. The van der Waals surface area contributed by atoms with Crippen LogP contribution in [0.15, 0.2) is 0 Å². The smallest absolute Gasteiger partial charge is 0.241 e. The molecule has 0 aliphatic carbocycles. The zero-order valence-corrected chi connectivity index (χ0v) is 10.7. The van der Waals surface area contributed by atoms with Gasteiger partial charge in [0.15, 0.2) is 0 Å². The molecule has 0 aromatic carbocycles. The van der Waals surface area contributed by atoms with Gasteiger partial charge in [-0.15, -0.1) is 0 Å². The Bertz CT molecular complexity index is 275. The van der Waals surface area contributed by atoms with Gasteiger partial charge in [0, 0.05) is 13.1 Å². The summed E-state index contributed by atoms with van der Waals surface area (Å²) in [5.41, 5.74) is 5.77. The minimum atomic E-state index is -0.522. The molecule has 1 saturated heterocycles. The van der Waals surface area contributed by atoms with Crippen LogP contribution in [0.25, 0.3) is 0 Å². The zero-order valence-electron chi connectivity index (χ0n) is 10.7. The third-order valence-electron chi connectivity index (χ3n) is 3.43. The van der Waals surface area contributed by atoms with Crippen molar-refractivity contribution in [2.24, 2.45) is 11.7 Å². The van der Waals surface area contributed by atoms with E-state index in [9.17, 15) is 9.59 Å². The van der Waals surface area contributed by atoms with Crippen LogP contribution in [0.2, 0.25) is 0 Å². The molecular weight excluding hydrogens is 218 g/mol. The first-order valence-corrected chi connectivity index (χ1v) is 6.37. The molecule has 0 aromatic heterocycles. The second-order valence-electron chi connectivity index (χ2n) is 4.72. The number of likely N-dealkylation sites (tertiary alicyclic amines) is 1. The lowest BCUT2D eigenvalue weighted by atomic mass is 9.99. The third-order valence-corrected chi connectivity index (χ3v) is 3.43. The maximum absolute atomic E-state index is 11.7. The molecule has 2 amide bonds. The van der Waals surface area contributed by atoms with Crippen molar-refractivity contribution < 1.29 is 9.59 Å². The Hall–Kier alpha value is -1.10. The van der Waals surface area contributed by atoms with E-state index in [-0.39, 0.29) is 24.3 Å². The van der Waals surface area contributed by atoms with E-state index in [0.29, 0.717) is 0 Å². The van der Waals surface area contributed by atoms with E-state index in [1.54, 1.807) is 4.90 Å². The van der Waals surface area contributed by atoms with Crippen molar-refractivity contribution in [2.45, 2.75) is 39.2 Å². The van der Waals surface area contributed by atoms with Gasteiger partial charge in [-0.3, -0.25) is 9.59 Å². The Morgan fingerprint density at radius 3 is 2.47 bits per heavy atom. The highest BCUT2D eigenvalue weighted by molar-refractivity contribution is 5.87. The van der Waals surface area contributed by atoms with Crippen molar-refractivity contribution in [3.8, 4) is 0 Å². The van der Waals surface area contributed by atoms with Gasteiger partial charge in [-0.2, -0.15) is 0 Å². The summed E-state index contributed by atoms with van der Waals surface area (Å²) in [7, 11) is 0. The Labute approximate surface area is 103 Å². The Kier molecular flexibility index (Phi) is 5.41. The van der Waals surface area contributed by atoms with Crippen LogP contribution in [-0.2, 0) is 9.59 Å². The minimum absolute atomic E-state index is 0.00722. The molecule has 0 spiro atoms. The topological polar surface area (TPSA) is 75.4 Å². The Morgan fingerprint density at radius 1 is 1.35 bits per heavy atom. The summed E-state index contributed by atoms with van der Waals surface area (Å²) in [4.78, 5) is 25.1. The maximum atomic E-state index is 11.7. The number of nitrogens with two attached hydrogens (primary N) is 1. The summed E-state index contributed by atoms with van der Waals surface area (Å²) in [6, 6.07) is -0.522. The fourth-order valence-electron chi connectivity index (χ4n) is 1.87. The predicted molar refractivity (Wildman–Crippen MR) is 66.3 cm³/mol. The standard InChI is InChI=1S/C12H23N3O2/c1-3-9(2)11(13)12(17)14-8-10(16)15-6-4-5-7-15/h9,11H,3-8,13H2,1-2H3,(H,14,17). The van der Waals surface area contributed by atoms with Crippen LogP contribution in [0.3, 0.4) is 0 Å². The van der Waals surface area contributed by atoms with Crippen molar-refractivity contribution in [3.05, 3.63) is 0 Å². The van der Waals surface area contributed by atoms with Gasteiger partial charge in [-0.05, 0) is 18.8 Å². The quantitative estimate of drug-likeness (QED) is 0.716. The van der Waals surface area contributed by atoms with Crippen molar-refractivity contribution in [1.29, 1.82) is 0 Å². The summed E-state index contributed by atoms with van der Waals surface area (Å²) in [6.07, 6.45) is 2.98. The number of hydrogen-bond donors (Lipinski definition) is 2. The molecule has 1 heterocycles. The maximum Gasteiger partial charge on any atom is 0.241 e. The molecule has 17 heavy (non-hydrogen) atoms. The lowest BCUT2D eigenvalue weighted by Crippen LogP contribution is -2.48. The highest BCUT2D eigenvalue weighted by Crippen LogP contribution is 2.07. The van der Waals surface area contributed by atoms with Crippen LogP contribution in [0.1, 0.15) is 33.1 Å². The largest absolute Gasteiger partial charge is 0.346 e. The first kappa shape index (κ1) is 14.0. The van der Waals surface area contributed by atoms with E-state index < -0.39 is 6.04 Å². The number of amides is 2. The molecule has 0 saturated carbocycles. The van der Waals surface area contributed by atoms with Crippen molar-refractivity contribution in [2.75, 3.05) is 19.6 Å². The lowest BCUT2D eigenvalue weighted by molar-refractivity contribution is -0.132. The first-order valence-electron chi connectivity index (χ1n) is 6.37. The van der Waals surface area contributed by atoms with Crippen LogP contribution in [0.4, 0.5) is 0 Å². The number of rotatable bonds is 5. The van der Waals surface area contributed by atoms with Gasteiger partial charge in [0.2, 0.25) is 11.8 Å². The van der Waals surface area contributed by atoms with Gasteiger partial charge in [0.1, 0.15) is 0 Å². The molecule has 5 heteroatoms. The van der Waals surface area contributed by atoms with Gasteiger partial charge in [-0.1, -0.05) is 20.3 Å². The first-order chi connectivity index (χ1) is 8.06. The van der Waals surface area contributed by atoms with Crippen molar-refractivity contribution in [1.82, 2.24) is 10.2 Å². The van der Waals surface area contributed by atoms with E-state index in [0.717, 1.165) is 32.4 Å². The van der Waals surface area contributed by atoms with Crippen LogP contribution in [-0.4, -0.2) is 42.4 Å². The third kappa shape index (κ3) is 4.00. The predicted octanol–water partition coefficient (Wildman–Crippen LogP) is 0.0984. The zero-order chi connectivity index (χ0) is 12.8. The summed E-state index contributed by atoms with van der Waals surface area (Å²) in [5.74, 6) is -0.101. The van der Waals surface area contributed by atoms with Crippen LogP contribution in [0.5, 0.6) is 0 Å². The average molecular weight is 241 g/mol. The van der Waals surface area contributed by atoms with Gasteiger partial charge in [0.25, 0.3) is 0 Å². The van der Waals surface area contributed by atoms with Crippen molar-refractivity contribution >= 4 is 11.8 Å². The Morgan fingerprint density at radius 2 is 1.94 bits per heavy atom. The minimum Gasteiger partial charge on any atom is -0.346 e. The average Bonchev–Trinajstić information content (AvgIpc) is 2.87. The van der Waals surface area contributed by atoms with Gasteiger partial charge in [0.05, 0.1) is 12.6 Å². The monoisotopic (exact) mass is 241 g/mol. The SMILES string of the molecule is CCC(C)C(N)C(=O)NCC(=O)N1CCCC1. The highest BCUT2D eigenvalue weighted by atomic mass is 16.2. The molecule has 5 nitrogen and oxygen atoms in total. The number of carbonyl (C=O) groups is 2. The molecule has 2 atom stereocenters. The molecular formula is C12H23N3O2. The second kappa shape index (κ2) is 6.59. The van der Waals surface area contributed by atoms with E-state index >= 15 is 0 Å². The second-order valence-corrected chi connectivity index (χ2v) is 4.72. The number of carbonyl (C=O) groups excluding carboxylic acids is 2. The summed E-state index contributed by atoms with van der Waals surface area (Å²) in [6.45, 7) is 5.63. The van der Waals surface area contributed by atoms with Crippen LogP contribution < -0.4 is 11.1 Å². The molecule has 3 N–H and O–H groups in total. The Balaban J connectivity index is 2.29.